The molecule has 9 fully saturated rings. The van der Waals surface area contributed by atoms with E-state index in [2.05, 4.69) is 120 Å². The van der Waals surface area contributed by atoms with E-state index < -0.39 is 0 Å². The van der Waals surface area contributed by atoms with Crippen molar-refractivity contribution in [2.45, 2.75) is 216 Å². The Kier molecular flexibility index (Phi) is 10.8. The molecular weight excluding hydrogens is 687 g/mol. The lowest BCUT2D eigenvalue weighted by atomic mass is 9.64. The van der Waals surface area contributed by atoms with Crippen molar-refractivity contribution in [3.05, 3.63) is 0 Å². The van der Waals surface area contributed by atoms with Crippen LogP contribution in [0.25, 0.3) is 0 Å². The van der Waals surface area contributed by atoms with Gasteiger partial charge in [0, 0.05) is 12.1 Å². The highest BCUT2D eigenvalue weighted by Gasteiger charge is 2.57. The fourth-order valence-electron chi connectivity index (χ4n) is 15.6. The van der Waals surface area contributed by atoms with Crippen molar-refractivity contribution in [1.82, 2.24) is 37.2 Å². The van der Waals surface area contributed by atoms with Gasteiger partial charge in [0.15, 0.2) is 0 Å². The molecule has 4 heterocycles. The third kappa shape index (κ3) is 7.65. The van der Waals surface area contributed by atoms with Crippen molar-refractivity contribution in [3.63, 3.8) is 0 Å². The van der Waals surface area contributed by atoms with Gasteiger partial charge in [-0.25, -0.2) is 0 Å². The van der Waals surface area contributed by atoms with Crippen LogP contribution in [0.1, 0.15) is 167 Å². The highest BCUT2D eigenvalue weighted by Crippen LogP contribution is 2.54. The van der Waals surface area contributed by atoms with Gasteiger partial charge in [-0.2, -0.15) is 0 Å². The highest BCUT2D eigenvalue weighted by molar-refractivity contribution is 5.11. The average Bonchev–Trinajstić information content (AvgIpc) is 3.84. The van der Waals surface area contributed by atoms with E-state index in [0.29, 0.717) is 106 Å². The van der Waals surface area contributed by atoms with Crippen LogP contribution in [0.15, 0.2) is 0 Å². The molecule has 0 aromatic heterocycles. The van der Waals surface area contributed by atoms with E-state index in [0.717, 1.165) is 35.5 Å². The Hall–Kier alpha value is -0.280. The predicted molar refractivity (Wildman–Crippen MR) is 232 cm³/mol. The Morgan fingerprint density at radius 1 is 0.250 bits per heavy atom. The van der Waals surface area contributed by atoms with Crippen LogP contribution in [0.4, 0.5) is 0 Å². The summed E-state index contributed by atoms with van der Waals surface area (Å²) in [6.45, 7) is 30.1. The first kappa shape index (κ1) is 41.1. The average molecular weight is 776 g/mol. The van der Waals surface area contributed by atoms with Gasteiger partial charge in [-0.05, 0) is 176 Å². The van der Waals surface area contributed by atoms with Crippen LogP contribution in [0, 0.1) is 92.7 Å². The first-order valence-corrected chi connectivity index (χ1v) is 24.5. The molecule has 7 N–H and O–H groups in total. The topological polar surface area (TPSA) is 84.2 Å². The molecule has 8 bridgehead atoms. The van der Waals surface area contributed by atoms with E-state index in [1.165, 1.54) is 83.5 Å². The van der Waals surface area contributed by atoms with Gasteiger partial charge >= 0.3 is 0 Å². The fraction of sp³-hybridized carbons (Fsp3) is 1.00. The maximum Gasteiger partial charge on any atom is 0.0628 e. The van der Waals surface area contributed by atoms with Crippen LogP contribution in [-0.2, 0) is 0 Å². The van der Waals surface area contributed by atoms with E-state index >= 15 is 0 Å². The SMILES string of the molecule is CC(C)(C)C1CCC2C3CC(NC4NC(NC5NC(NC6NC(N3)C3CC(C(C)(C)C)CCC63)C3CC(C(C)(C)C)CCC53)C3CC(C(C)(C)C)CCC43)C2C1. The summed E-state index contributed by atoms with van der Waals surface area (Å²) in [6.07, 6.45) is 19.9. The molecule has 0 spiro atoms. The zero-order valence-corrected chi connectivity index (χ0v) is 38.2. The Balaban J connectivity index is 1.07. The third-order valence-electron chi connectivity index (χ3n) is 19.4. The number of nitrogens with one attached hydrogen (secondary N) is 7. The van der Waals surface area contributed by atoms with Crippen molar-refractivity contribution in [2.75, 3.05) is 0 Å². The first-order valence-electron chi connectivity index (χ1n) is 24.5. The summed E-state index contributed by atoms with van der Waals surface area (Å²) in [5.41, 5.74) is 1.48. The zero-order valence-electron chi connectivity index (χ0n) is 38.2. The molecule has 56 heavy (non-hydrogen) atoms. The Labute approximate surface area is 344 Å². The van der Waals surface area contributed by atoms with Gasteiger partial charge in [0.05, 0.1) is 37.0 Å². The lowest BCUT2D eigenvalue weighted by molar-refractivity contribution is 0.0697. The van der Waals surface area contributed by atoms with Gasteiger partial charge in [0.25, 0.3) is 0 Å². The summed E-state index contributed by atoms with van der Waals surface area (Å²) in [7, 11) is 0. The van der Waals surface area contributed by atoms with Gasteiger partial charge in [-0.3, -0.25) is 37.2 Å². The number of fused-ring (bicyclic) bond motifs is 20. The largest absolute Gasteiger partial charge is 0.298 e. The third-order valence-corrected chi connectivity index (χ3v) is 19.4. The van der Waals surface area contributed by atoms with Crippen molar-refractivity contribution in [3.8, 4) is 0 Å². The minimum atomic E-state index is 0.348. The van der Waals surface area contributed by atoms with Gasteiger partial charge < -0.3 is 0 Å². The minimum Gasteiger partial charge on any atom is -0.298 e. The summed E-state index contributed by atoms with van der Waals surface area (Å²) in [6, 6.07) is 1.17. The fourth-order valence-corrected chi connectivity index (χ4v) is 15.6. The maximum absolute atomic E-state index is 4.55. The highest BCUT2D eigenvalue weighted by atomic mass is 15.4. The lowest BCUT2D eigenvalue weighted by Crippen LogP contribution is -2.60. The van der Waals surface area contributed by atoms with Crippen molar-refractivity contribution < 1.29 is 0 Å². The molecule has 7 nitrogen and oxygen atoms in total. The van der Waals surface area contributed by atoms with E-state index in [-0.39, 0.29) is 0 Å². The van der Waals surface area contributed by atoms with Crippen molar-refractivity contribution in [2.24, 2.45) is 92.7 Å². The van der Waals surface area contributed by atoms with Crippen LogP contribution in [0.5, 0.6) is 0 Å². The lowest BCUT2D eigenvalue weighted by Gasteiger charge is -2.44. The quantitative estimate of drug-likeness (QED) is 0.133. The first-order chi connectivity index (χ1) is 26.2. The van der Waals surface area contributed by atoms with Crippen LogP contribution in [-0.4, -0.2) is 49.1 Å². The monoisotopic (exact) mass is 776 g/mol. The molecule has 9 aliphatic rings. The zero-order chi connectivity index (χ0) is 39.7. The summed E-state index contributed by atoms with van der Waals surface area (Å²) in [5, 5.41) is 31.2. The van der Waals surface area contributed by atoms with Crippen LogP contribution in [0.3, 0.4) is 0 Å². The molecular formula is C49H89N7. The standard InChI is InChI=1S/C49H89N7/c1-46(2,3)26-13-17-30-34(21-26)39-25-38(30)50-43-35-22-27(47(4,5)6)15-19-32(35)41(53-43)54-45-37-24-29(49(10,11)12)16-20-33(37)42(56-45)55-44-36-23-28(48(7,8)9)14-18-31(36)40(51-39)52-44/h26-45,50-56H,13-25H2,1-12H3. The number of hydrogen-bond donors (Lipinski definition) is 7. The van der Waals surface area contributed by atoms with Gasteiger partial charge in [-0.1, -0.05) is 83.1 Å². The molecule has 0 aromatic carbocycles. The molecule has 320 valence electrons. The molecule has 5 aliphatic carbocycles. The molecule has 0 amide bonds. The van der Waals surface area contributed by atoms with E-state index in [4.69, 9.17) is 0 Å². The maximum atomic E-state index is 4.55. The molecule has 7 heteroatoms. The predicted octanol–water partition coefficient (Wildman–Crippen LogP) is 8.58. The molecule has 4 aliphatic heterocycles. The summed E-state index contributed by atoms with van der Waals surface area (Å²) < 4.78 is 0. The molecule has 9 rings (SSSR count). The summed E-state index contributed by atoms with van der Waals surface area (Å²) in [4.78, 5) is 0. The van der Waals surface area contributed by atoms with Crippen LogP contribution in [0.2, 0.25) is 0 Å². The van der Waals surface area contributed by atoms with Gasteiger partial charge in [-0.15, -0.1) is 0 Å². The van der Waals surface area contributed by atoms with E-state index in [1.54, 1.807) is 0 Å². The second-order valence-electron chi connectivity index (χ2n) is 26.3. The summed E-state index contributed by atoms with van der Waals surface area (Å²) >= 11 is 0. The smallest absolute Gasteiger partial charge is 0.0628 e. The molecule has 4 saturated heterocycles. The minimum absolute atomic E-state index is 0.348. The van der Waals surface area contributed by atoms with Crippen molar-refractivity contribution >= 4 is 0 Å². The molecule has 0 radical (unpaired) electrons. The molecule has 5 saturated carbocycles. The Morgan fingerprint density at radius 2 is 0.500 bits per heavy atom. The van der Waals surface area contributed by atoms with Crippen molar-refractivity contribution in [1.29, 1.82) is 0 Å². The second-order valence-corrected chi connectivity index (χ2v) is 26.3. The Morgan fingerprint density at radius 3 is 0.839 bits per heavy atom. The second kappa shape index (κ2) is 14.7. The van der Waals surface area contributed by atoms with Crippen LogP contribution < -0.4 is 37.2 Å². The Bertz CT molecular complexity index is 1180. The molecule has 20 unspecified atom stereocenters. The normalized spacial score (nSPS) is 51.2. The van der Waals surface area contributed by atoms with Gasteiger partial charge in [0.1, 0.15) is 0 Å². The number of hydrogen-bond acceptors (Lipinski definition) is 7. The number of rotatable bonds is 0. The van der Waals surface area contributed by atoms with Crippen LogP contribution >= 0.6 is 0 Å². The summed E-state index contributed by atoms with van der Waals surface area (Å²) in [5.74, 6) is 8.82. The van der Waals surface area contributed by atoms with E-state index in [9.17, 15) is 0 Å². The van der Waals surface area contributed by atoms with E-state index in [1.807, 2.05) is 0 Å². The molecule has 20 atom stereocenters. The van der Waals surface area contributed by atoms with Gasteiger partial charge in [0.2, 0.25) is 0 Å². The molecule has 0 aromatic rings.